The molecule has 0 rings (SSSR count). The lowest BCUT2D eigenvalue weighted by Crippen LogP contribution is -2.32. The Kier molecular flexibility index (Phi) is 17.9. The molecule has 0 saturated heterocycles. The highest BCUT2D eigenvalue weighted by atomic mass is 31.1. The van der Waals surface area contributed by atoms with E-state index >= 15 is 0 Å². The Morgan fingerprint density at radius 2 is 1.13 bits per heavy atom. The minimum atomic E-state index is -0.0674. The summed E-state index contributed by atoms with van der Waals surface area (Å²) in [6, 6.07) is 0. The zero-order valence-electron chi connectivity index (χ0n) is 15.3. The van der Waals surface area contributed by atoms with E-state index in [-0.39, 0.29) is 12.6 Å². The van der Waals surface area contributed by atoms with E-state index in [0.717, 1.165) is 55.7 Å². The van der Waals surface area contributed by atoms with Gasteiger partial charge in [-0.15, -0.1) is 17.2 Å². The Hall–Kier alpha value is 0.620. The lowest BCUT2D eigenvalue weighted by molar-refractivity contribution is -0.0848. The first kappa shape index (κ1) is 23.6. The number of methoxy groups -OCH3 is 5. The van der Waals surface area contributed by atoms with Crippen molar-refractivity contribution in [2.24, 2.45) is 0 Å². The van der Waals surface area contributed by atoms with E-state index in [4.69, 9.17) is 23.7 Å². The molecule has 0 N–H and O–H groups in total. The van der Waals surface area contributed by atoms with Gasteiger partial charge in [0.15, 0.2) is 12.6 Å². The van der Waals surface area contributed by atoms with Crippen LogP contribution >= 0.6 is 17.2 Å². The van der Waals surface area contributed by atoms with E-state index in [1.807, 2.05) is 0 Å². The van der Waals surface area contributed by atoms with Gasteiger partial charge in [0.1, 0.15) is 0 Å². The first-order valence-electron chi connectivity index (χ1n) is 7.95. The Balaban J connectivity index is 3.87. The quantitative estimate of drug-likeness (QED) is 0.220. The van der Waals surface area contributed by atoms with Gasteiger partial charge in [-0.1, -0.05) is 0 Å². The molecule has 2 unspecified atom stereocenters. The predicted octanol–water partition coefficient (Wildman–Crippen LogP) is 1.53. The molecule has 0 aliphatic heterocycles. The van der Waals surface area contributed by atoms with Crippen molar-refractivity contribution < 1.29 is 23.7 Å². The molecule has 0 fully saturated rings. The molecule has 0 saturated carbocycles. The Labute approximate surface area is 145 Å². The molecule has 140 valence electrons. The van der Waals surface area contributed by atoms with Crippen LogP contribution < -0.4 is 0 Å². The summed E-state index contributed by atoms with van der Waals surface area (Å²) in [6.45, 7) is 3.97. The highest BCUT2D eigenvalue weighted by molar-refractivity contribution is 7.38. The summed E-state index contributed by atoms with van der Waals surface area (Å²) in [5.74, 6) is 0. The van der Waals surface area contributed by atoms with Crippen molar-refractivity contribution in [2.75, 3.05) is 86.4 Å². The zero-order valence-corrected chi connectivity index (χ0v) is 17.3. The van der Waals surface area contributed by atoms with Crippen LogP contribution in [0.1, 0.15) is 0 Å². The third-order valence-electron chi connectivity index (χ3n) is 3.49. The van der Waals surface area contributed by atoms with Gasteiger partial charge in [-0.05, 0) is 12.3 Å². The molecule has 8 heteroatoms. The Morgan fingerprint density at radius 3 is 1.48 bits per heavy atom. The molecule has 0 aromatic carbocycles. The van der Waals surface area contributed by atoms with Gasteiger partial charge in [-0.3, -0.25) is 0 Å². The maximum Gasteiger partial charge on any atom is 0.160 e. The summed E-state index contributed by atoms with van der Waals surface area (Å²) in [5, 5.41) is 0. The third kappa shape index (κ3) is 13.6. The van der Waals surface area contributed by atoms with Crippen LogP contribution in [0.15, 0.2) is 0 Å². The van der Waals surface area contributed by atoms with Crippen molar-refractivity contribution in [1.29, 1.82) is 0 Å². The molecule has 23 heavy (non-hydrogen) atoms. The van der Waals surface area contributed by atoms with Crippen LogP contribution in [0.25, 0.3) is 0 Å². The van der Waals surface area contributed by atoms with Gasteiger partial charge >= 0.3 is 0 Å². The van der Waals surface area contributed by atoms with Crippen molar-refractivity contribution in [2.45, 2.75) is 12.6 Å². The summed E-state index contributed by atoms with van der Waals surface area (Å²) in [7, 11) is 10.2. The van der Waals surface area contributed by atoms with Gasteiger partial charge < -0.3 is 28.6 Å². The first-order chi connectivity index (χ1) is 11.2. The number of nitrogens with zero attached hydrogens (tertiary/aromatic N) is 1. The van der Waals surface area contributed by atoms with Gasteiger partial charge in [0, 0.05) is 67.5 Å². The van der Waals surface area contributed by atoms with Crippen LogP contribution in [-0.2, 0) is 23.7 Å². The molecule has 0 aromatic heterocycles. The third-order valence-corrected chi connectivity index (χ3v) is 5.89. The SMILES string of the molecule is COCCN(CCPCC(OC)OC)CCPCC(OC)OC. The minimum absolute atomic E-state index is 0.0674. The standard InChI is InChI=1S/C15H35NO5P2/c1-17-9-6-16(7-10-22-12-14(18-2)19-3)8-11-23-13-15(20-4)21-5/h14-15,22-23H,6-13H2,1-5H3. The van der Waals surface area contributed by atoms with Gasteiger partial charge in [-0.25, -0.2) is 0 Å². The lowest BCUT2D eigenvalue weighted by Gasteiger charge is -2.23. The summed E-state index contributed by atoms with van der Waals surface area (Å²) in [6.07, 6.45) is 4.15. The fraction of sp³-hybridized carbons (Fsp3) is 1.00. The highest BCUT2D eigenvalue weighted by Gasteiger charge is 2.09. The van der Waals surface area contributed by atoms with Crippen LogP contribution in [0.5, 0.6) is 0 Å². The molecule has 6 nitrogen and oxygen atoms in total. The average molecular weight is 371 g/mol. The van der Waals surface area contributed by atoms with Gasteiger partial charge in [0.05, 0.1) is 6.61 Å². The number of rotatable bonds is 17. The predicted molar refractivity (Wildman–Crippen MR) is 100 cm³/mol. The average Bonchev–Trinajstić information content (AvgIpc) is 2.59. The molecule has 0 aromatic rings. The van der Waals surface area contributed by atoms with Crippen molar-refractivity contribution in [1.82, 2.24) is 4.90 Å². The molecule has 0 radical (unpaired) electrons. The first-order valence-corrected chi connectivity index (χ1v) is 10.8. The van der Waals surface area contributed by atoms with Crippen LogP contribution in [-0.4, -0.2) is 104 Å². The van der Waals surface area contributed by atoms with Gasteiger partial charge in [0.2, 0.25) is 0 Å². The second-order valence-electron chi connectivity index (χ2n) is 5.04. The number of hydrogen-bond donors (Lipinski definition) is 0. The molecule has 0 amide bonds. The lowest BCUT2D eigenvalue weighted by atomic mass is 10.5. The van der Waals surface area contributed by atoms with Crippen LogP contribution in [0.3, 0.4) is 0 Å². The van der Waals surface area contributed by atoms with E-state index in [1.54, 1.807) is 35.5 Å². The molecule has 0 aliphatic carbocycles. The van der Waals surface area contributed by atoms with E-state index in [2.05, 4.69) is 4.90 Å². The zero-order chi connectivity index (χ0) is 17.3. The summed E-state index contributed by atoms with van der Waals surface area (Å²) in [5.41, 5.74) is 0. The molecular weight excluding hydrogens is 336 g/mol. The molecule has 2 atom stereocenters. The van der Waals surface area contributed by atoms with Crippen molar-refractivity contribution >= 4 is 17.2 Å². The Bertz CT molecular complexity index is 224. The minimum Gasteiger partial charge on any atom is -0.383 e. The smallest absolute Gasteiger partial charge is 0.160 e. The monoisotopic (exact) mass is 371 g/mol. The highest BCUT2D eigenvalue weighted by Crippen LogP contribution is 2.16. The molecule has 0 spiro atoms. The molecular formula is C15H35NO5P2. The molecule has 0 aliphatic rings. The van der Waals surface area contributed by atoms with Gasteiger partial charge in [0.25, 0.3) is 0 Å². The second-order valence-corrected chi connectivity index (χ2v) is 7.86. The van der Waals surface area contributed by atoms with E-state index in [1.165, 1.54) is 12.3 Å². The molecule has 0 bridgehead atoms. The maximum absolute atomic E-state index is 5.22. The molecule has 0 heterocycles. The fourth-order valence-corrected chi connectivity index (χ4v) is 4.49. The fourth-order valence-electron chi connectivity index (χ4n) is 2.00. The van der Waals surface area contributed by atoms with Gasteiger partial charge in [-0.2, -0.15) is 0 Å². The van der Waals surface area contributed by atoms with Crippen molar-refractivity contribution in [3.05, 3.63) is 0 Å². The van der Waals surface area contributed by atoms with E-state index < -0.39 is 0 Å². The maximum atomic E-state index is 5.22. The van der Waals surface area contributed by atoms with Crippen LogP contribution in [0, 0.1) is 0 Å². The topological polar surface area (TPSA) is 49.4 Å². The number of ether oxygens (including phenoxy) is 5. The van der Waals surface area contributed by atoms with Crippen molar-refractivity contribution in [3.8, 4) is 0 Å². The van der Waals surface area contributed by atoms with Crippen LogP contribution in [0.4, 0.5) is 0 Å². The largest absolute Gasteiger partial charge is 0.383 e. The number of hydrogen-bond acceptors (Lipinski definition) is 6. The van der Waals surface area contributed by atoms with E-state index in [9.17, 15) is 0 Å². The summed E-state index contributed by atoms with van der Waals surface area (Å²) in [4.78, 5) is 2.48. The van der Waals surface area contributed by atoms with E-state index in [0.29, 0.717) is 0 Å². The normalized spacial score (nSPS) is 13.0. The summed E-state index contributed by atoms with van der Waals surface area (Å²) < 4.78 is 26.1. The van der Waals surface area contributed by atoms with Crippen LogP contribution in [0.2, 0.25) is 0 Å². The second kappa shape index (κ2) is 17.4. The van der Waals surface area contributed by atoms with Crippen molar-refractivity contribution in [3.63, 3.8) is 0 Å². The Morgan fingerprint density at radius 1 is 0.696 bits per heavy atom. The summed E-state index contributed by atoms with van der Waals surface area (Å²) >= 11 is 0.